The van der Waals surface area contributed by atoms with Crippen LogP contribution in [-0.2, 0) is 62.4 Å². The van der Waals surface area contributed by atoms with Crippen LogP contribution in [0.5, 0.6) is 0 Å². The molecule has 0 fully saturated rings. The van der Waals surface area contributed by atoms with Crippen molar-refractivity contribution in [2.24, 2.45) is 0 Å². The Morgan fingerprint density at radius 2 is 1.15 bits per heavy atom. The van der Waals surface area contributed by atoms with Crippen LogP contribution in [0, 0.1) is 0 Å². The number of aromatic nitrogens is 4. The van der Waals surface area contributed by atoms with Gasteiger partial charge in [-0.05, 0) is 116 Å². The Labute approximate surface area is 257 Å². The van der Waals surface area contributed by atoms with Crippen molar-refractivity contribution in [1.29, 1.82) is 0 Å². The van der Waals surface area contributed by atoms with Crippen LogP contribution in [0.2, 0.25) is 0 Å². The van der Waals surface area contributed by atoms with Crippen molar-refractivity contribution >= 4 is 45.9 Å². The molecule has 0 aliphatic carbocycles. The molecule has 2 aliphatic heterocycles. The predicted molar refractivity (Wildman–Crippen MR) is 174 cm³/mol. The molecule has 0 spiro atoms. The fourth-order valence-electron chi connectivity index (χ4n) is 7.09. The van der Waals surface area contributed by atoms with Crippen LogP contribution in [0.1, 0.15) is 118 Å². The minimum Gasteiger partial charge on any atom is -0.354 e. The summed E-state index contributed by atoms with van der Waals surface area (Å²) in [5, 5.41) is 0. The number of nitrogens with zero attached hydrogens (tertiary/aromatic N) is 3. The van der Waals surface area contributed by atoms with E-state index in [0.29, 0.717) is 0 Å². The zero-order chi connectivity index (χ0) is 28.6. The summed E-state index contributed by atoms with van der Waals surface area (Å²) in [7, 11) is 0. The van der Waals surface area contributed by atoms with Crippen LogP contribution in [0.3, 0.4) is 0 Å². The Morgan fingerprint density at radius 1 is 0.585 bits per heavy atom. The molecule has 0 unspecified atom stereocenters. The molecule has 3 aromatic rings. The number of fused-ring (bicyclic) bond motifs is 8. The zero-order valence-corrected chi connectivity index (χ0v) is 27.6. The fourth-order valence-corrected chi connectivity index (χ4v) is 7.09. The molecule has 0 atom stereocenters. The Kier molecular flexibility index (Phi) is 9.83. The van der Waals surface area contributed by atoms with Crippen LogP contribution in [0.4, 0.5) is 0 Å². The molecule has 216 valence electrons. The number of hydrogen-bond donors (Lipinski definition) is 1. The molecule has 2 aliphatic rings. The summed E-state index contributed by atoms with van der Waals surface area (Å²) in [4.78, 5) is 14.3. The quantitative estimate of drug-likeness (QED) is 0.224. The summed E-state index contributed by atoms with van der Waals surface area (Å²) < 4.78 is 2.57. The standard InChI is InChI=1S/C36H46N4.Cr/c1-9-22-19-25-20-23-17-18-24(37-23)21-32-26(10-2)29(13-5)36(40(32)16-8)31(15-7)35-28(12-4)27(11-3)34(39-35)30(14-6)33(22)38-25;/h17-21,39H,9-16H2,1-8H3;. The van der Waals surface area contributed by atoms with Crippen LogP contribution in [0.25, 0.3) is 45.9 Å². The maximum atomic E-state index is 5.22. The first-order chi connectivity index (χ1) is 19.5. The molecule has 5 heteroatoms. The third-order valence-electron chi connectivity index (χ3n) is 8.86. The van der Waals surface area contributed by atoms with E-state index >= 15 is 0 Å². The van der Waals surface area contributed by atoms with Gasteiger partial charge >= 0.3 is 0 Å². The number of allylic oxidation sites excluding steroid dienone is 1. The molecular formula is C36H46CrN4. The third-order valence-corrected chi connectivity index (χ3v) is 8.86. The summed E-state index contributed by atoms with van der Waals surface area (Å²) in [6, 6.07) is 4.45. The van der Waals surface area contributed by atoms with Crippen molar-refractivity contribution in [1.82, 2.24) is 19.5 Å². The molecule has 0 aromatic carbocycles. The number of rotatable bonds is 8. The summed E-state index contributed by atoms with van der Waals surface area (Å²) in [6.07, 6.45) is 13.5. The monoisotopic (exact) mass is 586 g/mol. The normalized spacial score (nSPS) is 12.5. The summed E-state index contributed by atoms with van der Waals surface area (Å²) in [6.45, 7) is 19.3. The average molecular weight is 587 g/mol. The van der Waals surface area contributed by atoms with Crippen molar-refractivity contribution in [3.63, 3.8) is 0 Å². The van der Waals surface area contributed by atoms with Gasteiger partial charge in [-0.1, -0.05) is 48.5 Å². The van der Waals surface area contributed by atoms with Gasteiger partial charge in [0.2, 0.25) is 0 Å². The second kappa shape index (κ2) is 13.0. The van der Waals surface area contributed by atoms with E-state index in [1.54, 1.807) is 0 Å². The molecule has 3 aromatic heterocycles. The first kappa shape index (κ1) is 31.1. The van der Waals surface area contributed by atoms with E-state index in [1.165, 1.54) is 61.0 Å². The molecule has 5 rings (SSSR count). The van der Waals surface area contributed by atoms with E-state index in [9.17, 15) is 0 Å². The van der Waals surface area contributed by atoms with Gasteiger partial charge in [0.05, 0.1) is 22.8 Å². The van der Waals surface area contributed by atoms with Crippen molar-refractivity contribution in [3.8, 4) is 0 Å². The Bertz CT molecular complexity index is 1680. The van der Waals surface area contributed by atoms with Crippen molar-refractivity contribution < 1.29 is 17.4 Å². The molecule has 0 saturated heterocycles. The van der Waals surface area contributed by atoms with Crippen LogP contribution >= 0.6 is 0 Å². The van der Waals surface area contributed by atoms with Gasteiger partial charge in [-0.15, -0.1) is 0 Å². The molecule has 0 amide bonds. The van der Waals surface area contributed by atoms with Gasteiger partial charge in [0.1, 0.15) is 0 Å². The predicted octanol–water partition coefficient (Wildman–Crippen LogP) is 9.30. The molecule has 0 radical (unpaired) electrons. The maximum Gasteiger partial charge on any atom is 0.0722 e. The molecule has 41 heavy (non-hydrogen) atoms. The van der Waals surface area contributed by atoms with Gasteiger partial charge in [0.15, 0.2) is 0 Å². The van der Waals surface area contributed by atoms with Gasteiger partial charge in [0, 0.05) is 51.5 Å². The molecule has 1 N–H and O–H groups in total. The van der Waals surface area contributed by atoms with E-state index < -0.39 is 0 Å². The fraction of sp³-hybridized carbons (Fsp3) is 0.444. The smallest absolute Gasteiger partial charge is 0.0722 e. The van der Waals surface area contributed by atoms with Gasteiger partial charge < -0.3 is 9.55 Å². The topological polar surface area (TPSA) is 46.5 Å². The third kappa shape index (κ3) is 5.17. The summed E-state index contributed by atoms with van der Waals surface area (Å²) >= 11 is 0. The Morgan fingerprint density at radius 3 is 1.68 bits per heavy atom. The van der Waals surface area contributed by atoms with Crippen molar-refractivity contribution in [2.45, 2.75) is 107 Å². The van der Waals surface area contributed by atoms with Gasteiger partial charge in [0.25, 0.3) is 0 Å². The summed E-state index contributed by atoms with van der Waals surface area (Å²) in [5.74, 6) is 0. The van der Waals surface area contributed by atoms with Gasteiger partial charge in [-0.3, -0.25) is 0 Å². The number of nitrogens with one attached hydrogen (secondary N) is 1. The van der Waals surface area contributed by atoms with E-state index in [-0.39, 0.29) is 17.4 Å². The second-order valence-corrected chi connectivity index (χ2v) is 10.8. The Balaban J connectivity index is 0.00000387. The minimum absolute atomic E-state index is 0. The zero-order valence-electron chi connectivity index (χ0n) is 26.3. The Hall–Kier alpha value is -2.87. The molecule has 0 saturated carbocycles. The van der Waals surface area contributed by atoms with Crippen LogP contribution in [0.15, 0.2) is 12.1 Å². The largest absolute Gasteiger partial charge is 0.354 e. The van der Waals surface area contributed by atoms with Gasteiger partial charge in [-0.2, -0.15) is 0 Å². The molecule has 4 nitrogen and oxygen atoms in total. The van der Waals surface area contributed by atoms with Crippen molar-refractivity contribution in [3.05, 3.63) is 68.3 Å². The number of aryl methyl sites for hydroxylation is 7. The van der Waals surface area contributed by atoms with Crippen LogP contribution < -0.4 is 0 Å². The van der Waals surface area contributed by atoms with E-state index in [1.807, 2.05) is 0 Å². The number of aromatic amines is 1. The number of hydrogen-bond acceptors (Lipinski definition) is 2. The average Bonchev–Trinajstić information content (AvgIpc) is 3.73. The molecular weight excluding hydrogens is 540 g/mol. The SMILES string of the molecule is CCC1=Cc2cc3nc(cc4c(CC)c(CC)c(c(CC)c5[nH]c(c(CC)c1n2)c(CC)c5CC)n4CC)C=C3.[Cr]. The van der Waals surface area contributed by atoms with E-state index in [4.69, 9.17) is 9.97 Å². The van der Waals surface area contributed by atoms with Crippen LogP contribution in [-0.4, -0.2) is 19.5 Å². The molecule has 5 heterocycles. The second-order valence-electron chi connectivity index (χ2n) is 10.8. The van der Waals surface area contributed by atoms with E-state index in [0.717, 1.165) is 74.3 Å². The van der Waals surface area contributed by atoms with E-state index in [2.05, 4.69) is 95.3 Å². The van der Waals surface area contributed by atoms with Gasteiger partial charge in [-0.25, -0.2) is 9.97 Å². The summed E-state index contributed by atoms with van der Waals surface area (Å²) in [5.41, 5.74) is 19.4. The maximum absolute atomic E-state index is 5.22. The minimum atomic E-state index is 0. The van der Waals surface area contributed by atoms with Crippen molar-refractivity contribution in [2.75, 3.05) is 0 Å². The molecule has 8 bridgehead atoms. The number of H-pyrrole nitrogens is 1. The first-order valence-electron chi connectivity index (χ1n) is 15.7. The first-order valence-corrected chi connectivity index (χ1v) is 15.7.